The van der Waals surface area contributed by atoms with Crippen molar-refractivity contribution in [2.75, 3.05) is 26.2 Å². The van der Waals surface area contributed by atoms with Crippen LogP contribution in [0.15, 0.2) is 41.2 Å². The van der Waals surface area contributed by atoms with Crippen molar-refractivity contribution in [1.82, 2.24) is 14.8 Å². The molecule has 2 aromatic rings. The Morgan fingerprint density at radius 2 is 2.03 bits per heavy atom. The number of allylic oxidation sites excluding steroid dienone is 2. The number of furan rings is 1. The van der Waals surface area contributed by atoms with Crippen LogP contribution in [0.2, 0.25) is 0 Å². The van der Waals surface area contributed by atoms with Crippen LogP contribution >= 0.6 is 0 Å². The first-order valence-corrected chi connectivity index (χ1v) is 10.8. The van der Waals surface area contributed by atoms with Crippen LogP contribution in [-0.2, 0) is 6.54 Å². The molecule has 0 radical (unpaired) electrons. The average molecular weight is 397 g/mol. The lowest BCUT2D eigenvalue weighted by molar-refractivity contribution is 0.356. The maximum absolute atomic E-state index is 8.43. The molecule has 3 heterocycles. The fraction of sp³-hybridized carbons (Fsp3) is 0.458. The molecule has 158 valence electrons. The summed E-state index contributed by atoms with van der Waals surface area (Å²) >= 11 is 0. The lowest BCUT2D eigenvalue weighted by Crippen LogP contribution is -2.46. The van der Waals surface area contributed by atoms with E-state index in [9.17, 15) is 0 Å². The molecule has 1 aliphatic rings. The van der Waals surface area contributed by atoms with Crippen molar-refractivity contribution < 1.29 is 4.42 Å². The summed E-state index contributed by atoms with van der Waals surface area (Å²) in [7, 11) is 0. The van der Waals surface area contributed by atoms with E-state index in [2.05, 4.69) is 65.2 Å². The highest BCUT2D eigenvalue weighted by atomic mass is 16.3. The average Bonchev–Trinajstić information content (AvgIpc) is 3.40. The zero-order valence-corrected chi connectivity index (χ0v) is 18.4. The highest BCUT2D eigenvalue weighted by molar-refractivity contribution is 5.96. The Balaban J connectivity index is 0.00000145. The van der Waals surface area contributed by atoms with Gasteiger partial charge in [0.25, 0.3) is 0 Å². The molecule has 0 saturated carbocycles. The number of piperazine rings is 1. The van der Waals surface area contributed by atoms with Crippen LogP contribution in [0, 0.1) is 5.41 Å². The molecular weight excluding hydrogens is 360 g/mol. The zero-order valence-electron chi connectivity index (χ0n) is 18.4. The number of nitrogens with one attached hydrogen (secondary N) is 2. The van der Waals surface area contributed by atoms with E-state index >= 15 is 0 Å². The van der Waals surface area contributed by atoms with Crippen LogP contribution < -0.4 is 15.9 Å². The second kappa shape index (κ2) is 12.1. The summed E-state index contributed by atoms with van der Waals surface area (Å²) in [5.74, 6) is 1.42. The van der Waals surface area contributed by atoms with Gasteiger partial charge >= 0.3 is 0 Å². The summed E-state index contributed by atoms with van der Waals surface area (Å²) < 4.78 is 7.97. The molecule has 1 aliphatic heterocycles. The van der Waals surface area contributed by atoms with Gasteiger partial charge < -0.3 is 19.2 Å². The van der Waals surface area contributed by atoms with E-state index in [0.717, 1.165) is 50.3 Å². The molecule has 5 nitrogen and oxygen atoms in total. The minimum atomic E-state index is 0.552. The number of unbranched alkanes of at least 4 members (excludes halogenated alkanes) is 1. The summed E-state index contributed by atoms with van der Waals surface area (Å²) in [5.41, 5.74) is 0.856. The van der Waals surface area contributed by atoms with Crippen LogP contribution in [0.25, 0.3) is 12.2 Å². The predicted molar refractivity (Wildman–Crippen MR) is 123 cm³/mol. The molecule has 1 fully saturated rings. The fourth-order valence-corrected chi connectivity index (χ4v) is 3.32. The molecule has 0 amide bonds. The lowest BCUT2D eigenvalue weighted by atomic mass is 10.2. The fourth-order valence-electron chi connectivity index (χ4n) is 3.32. The topological polar surface area (TPSA) is 57.2 Å². The predicted octanol–water partition coefficient (Wildman–Crippen LogP) is 3.32. The van der Waals surface area contributed by atoms with Crippen molar-refractivity contribution >= 4 is 18.0 Å². The summed E-state index contributed by atoms with van der Waals surface area (Å²) in [5, 5.41) is 14.2. The number of amidine groups is 1. The Morgan fingerprint density at radius 1 is 1.28 bits per heavy atom. The van der Waals surface area contributed by atoms with E-state index < -0.39 is 0 Å². The summed E-state index contributed by atoms with van der Waals surface area (Å²) in [6.45, 7) is 12.5. The molecule has 0 atom stereocenters. The Morgan fingerprint density at radius 3 is 2.72 bits per heavy atom. The van der Waals surface area contributed by atoms with Gasteiger partial charge in [-0.25, -0.2) is 0 Å². The second-order valence-electron chi connectivity index (χ2n) is 6.84. The first-order chi connectivity index (χ1) is 14.2. The van der Waals surface area contributed by atoms with Crippen molar-refractivity contribution in [3.63, 3.8) is 0 Å². The van der Waals surface area contributed by atoms with Crippen LogP contribution in [0.4, 0.5) is 0 Å². The van der Waals surface area contributed by atoms with Gasteiger partial charge in [-0.3, -0.25) is 5.41 Å². The molecular formula is C24H36N4O. The molecule has 0 aromatic carbocycles. The van der Waals surface area contributed by atoms with Crippen LogP contribution in [0.5, 0.6) is 0 Å². The molecule has 29 heavy (non-hydrogen) atoms. The van der Waals surface area contributed by atoms with Crippen LogP contribution in [0.3, 0.4) is 0 Å². The SMILES string of the molecule is C/C=c1/ccn(Cc2cc(C(=N)N3CCNCC3)co2)/c1=C/C=C\CCC.CC. The van der Waals surface area contributed by atoms with Gasteiger partial charge in [0.15, 0.2) is 0 Å². The number of hydrogen-bond donors (Lipinski definition) is 2. The van der Waals surface area contributed by atoms with Gasteiger partial charge in [0.05, 0.1) is 12.1 Å². The molecule has 2 N–H and O–H groups in total. The standard InChI is InChI=1S/C22H30N4O.C2H6/c1-3-5-6-7-8-21-18(4-2)9-12-26(21)16-20-15-19(17-27-20)22(23)25-13-10-24-11-14-25;1-2/h4,6-9,12,15,17,23-24H,3,5,10-11,13-14,16H2,1-2H3;1-2H3/b7-6-,18-4-,21-8+,23-22?;. The van der Waals surface area contributed by atoms with Crippen molar-refractivity contribution in [2.24, 2.45) is 0 Å². The molecule has 2 aromatic heterocycles. The Kier molecular flexibility index (Phi) is 9.51. The lowest BCUT2D eigenvalue weighted by Gasteiger charge is -2.28. The normalized spacial score (nSPS) is 15.7. The number of rotatable bonds is 6. The van der Waals surface area contributed by atoms with Crippen molar-refractivity contribution in [3.05, 3.63) is 58.6 Å². The molecule has 0 bridgehead atoms. The van der Waals surface area contributed by atoms with Crippen LogP contribution in [0.1, 0.15) is 51.9 Å². The minimum absolute atomic E-state index is 0.552. The Bertz CT molecular complexity index is 898. The largest absolute Gasteiger partial charge is 0.467 e. The summed E-state index contributed by atoms with van der Waals surface area (Å²) in [6.07, 6.45) is 14.7. The Labute approximate surface area is 174 Å². The summed E-state index contributed by atoms with van der Waals surface area (Å²) in [6, 6.07) is 4.13. The van der Waals surface area contributed by atoms with E-state index in [4.69, 9.17) is 9.83 Å². The van der Waals surface area contributed by atoms with Crippen molar-refractivity contribution in [1.29, 1.82) is 5.41 Å². The molecule has 5 heteroatoms. The van der Waals surface area contributed by atoms with Crippen molar-refractivity contribution in [2.45, 2.75) is 47.1 Å². The van der Waals surface area contributed by atoms with Crippen LogP contribution in [-0.4, -0.2) is 41.5 Å². The smallest absolute Gasteiger partial charge is 0.131 e. The number of aromatic nitrogens is 1. The zero-order chi connectivity index (χ0) is 21.1. The number of nitrogens with zero attached hydrogens (tertiary/aromatic N) is 2. The van der Waals surface area contributed by atoms with E-state index in [1.54, 1.807) is 6.26 Å². The second-order valence-corrected chi connectivity index (χ2v) is 6.84. The van der Waals surface area contributed by atoms with Gasteiger partial charge in [-0.2, -0.15) is 0 Å². The van der Waals surface area contributed by atoms with E-state index in [0.29, 0.717) is 12.4 Å². The molecule has 1 saturated heterocycles. The minimum Gasteiger partial charge on any atom is -0.467 e. The Hall–Kier alpha value is -2.53. The first kappa shape index (κ1) is 22.8. The van der Waals surface area contributed by atoms with Gasteiger partial charge in [0, 0.05) is 37.7 Å². The van der Waals surface area contributed by atoms with E-state index in [1.165, 1.54) is 10.6 Å². The molecule has 3 rings (SSSR count). The maximum Gasteiger partial charge on any atom is 0.131 e. The highest BCUT2D eigenvalue weighted by Gasteiger charge is 2.16. The third kappa shape index (κ3) is 6.23. The monoisotopic (exact) mass is 396 g/mol. The third-order valence-corrected chi connectivity index (χ3v) is 4.88. The first-order valence-electron chi connectivity index (χ1n) is 10.8. The molecule has 0 unspecified atom stereocenters. The van der Waals surface area contributed by atoms with Crippen molar-refractivity contribution in [3.8, 4) is 0 Å². The van der Waals surface area contributed by atoms with E-state index in [1.807, 2.05) is 19.9 Å². The quantitative estimate of drug-likeness (QED) is 0.582. The third-order valence-electron chi connectivity index (χ3n) is 4.88. The molecule has 0 spiro atoms. The summed E-state index contributed by atoms with van der Waals surface area (Å²) in [4.78, 5) is 2.10. The molecule has 0 aliphatic carbocycles. The maximum atomic E-state index is 8.43. The van der Waals surface area contributed by atoms with E-state index in [-0.39, 0.29) is 0 Å². The van der Waals surface area contributed by atoms with Gasteiger partial charge in [0.1, 0.15) is 17.9 Å². The van der Waals surface area contributed by atoms with Gasteiger partial charge in [-0.15, -0.1) is 0 Å². The number of hydrogen-bond acceptors (Lipinski definition) is 3. The van der Waals surface area contributed by atoms with Gasteiger partial charge in [-0.1, -0.05) is 45.4 Å². The van der Waals surface area contributed by atoms with Gasteiger partial charge in [-0.05, 0) is 36.8 Å². The highest BCUT2D eigenvalue weighted by Crippen LogP contribution is 2.12. The van der Waals surface area contributed by atoms with Gasteiger partial charge in [0.2, 0.25) is 0 Å².